The molecule has 2 N–H and O–H groups in total. The summed E-state index contributed by atoms with van der Waals surface area (Å²) in [6.07, 6.45) is 1.16. The first-order chi connectivity index (χ1) is 13.8. The van der Waals surface area contributed by atoms with Crippen LogP contribution in [-0.2, 0) is 4.74 Å². The molecule has 2 aliphatic heterocycles. The molecule has 7 heteroatoms. The van der Waals surface area contributed by atoms with Crippen LogP contribution in [-0.4, -0.2) is 83.5 Å². The summed E-state index contributed by atoms with van der Waals surface area (Å²) in [6.45, 7) is 11.6. The molecule has 0 amide bonds. The highest BCUT2D eigenvalue weighted by Gasteiger charge is 2.24. The molecule has 0 spiro atoms. The van der Waals surface area contributed by atoms with Gasteiger partial charge in [-0.1, -0.05) is 12.1 Å². The second-order valence-electron chi connectivity index (χ2n) is 7.37. The Morgan fingerprint density at radius 3 is 2.82 bits per heavy atom. The van der Waals surface area contributed by atoms with Gasteiger partial charge in [-0.15, -0.1) is 0 Å². The Hall–Kier alpha value is -1.99. The molecule has 1 atom stereocenters. The Labute approximate surface area is 169 Å². The number of morpholine rings is 1. The van der Waals surface area contributed by atoms with E-state index in [2.05, 4.69) is 39.5 Å². The number of guanidine groups is 1. The minimum Gasteiger partial charge on any atom is -0.495 e. The van der Waals surface area contributed by atoms with E-state index in [-0.39, 0.29) is 0 Å². The molecule has 0 bridgehead atoms. The topological polar surface area (TPSA) is 61.4 Å². The smallest absolute Gasteiger partial charge is 0.191 e. The minimum absolute atomic E-state index is 0.569. The number of rotatable bonds is 8. The summed E-state index contributed by atoms with van der Waals surface area (Å²) in [7, 11) is 1.74. The van der Waals surface area contributed by atoms with Crippen LogP contribution in [0.1, 0.15) is 13.3 Å². The van der Waals surface area contributed by atoms with Crippen LogP contribution in [0.5, 0.6) is 5.75 Å². The summed E-state index contributed by atoms with van der Waals surface area (Å²) in [5.74, 6) is 2.44. The van der Waals surface area contributed by atoms with Crippen LogP contribution in [0.25, 0.3) is 0 Å². The Morgan fingerprint density at radius 2 is 2.04 bits per heavy atom. The molecule has 0 radical (unpaired) electrons. The van der Waals surface area contributed by atoms with E-state index in [1.165, 1.54) is 5.69 Å². The molecular formula is C21H35N5O2. The summed E-state index contributed by atoms with van der Waals surface area (Å²) >= 11 is 0. The molecule has 1 aromatic rings. The van der Waals surface area contributed by atoms with Gasteiger partial charge in [-0.2, -0.15) is 0 Å². The first-order valence-electron chi connectivity index (χ1n) is 10.5. The summed E-state index contributed by atoms with van der Waals surface area (Å²) in [5, 5.41) is 6.84. The molecule has 2 fully saturated rings. The number of hydrogen-bond acceptors (Lipinski definition) is 5. The zero-order valence-corrected chi connectivity index (χ0v) is 17.3. The van der Waals surface area contributed by atoms with Crippen molar-refractivity contribution in [2.24, 2.45) is 10.9 Å². The largest absolute Gasteiger partial charge is 0.495 e. The van der Waals surface area contributed by atoms with Gasteiger partial charge in [-0.3, -0.25) is 9.89 Å². The number of hydrogen-bond donors (Lipinski definition) is 2. The van der Waals surface area contributed by atoms with Crippen molar-refractivity contribution in [3.8, 4) is 5.75 Å². The van der Waals surface area contributed by atoms with E-state index in [0.29, 0.717) is 5.92 Å². The van der Waals surface area contributed by atoms with Gasteiger partial charge in [0.2, 0.25) is 0 Å². The number of methoxy groups -OCH3 is 1. The Bertz CT molecular complexity index is 619. The fourth-order valence-corrected chi connectivity index (χ4v) is 3.81. The number of benzene rings is 1. The zero-order valence-electron chi connectivity index (χ0n) is 17.3. The van der Waals surface area contributed by atoms with Gasteiger partial charge < -0.3 is 25.0 Å². The lowest BCUT2D eigenvalue weighted by Crippen LogP contribution is -2.44. The van der Waals surface area contributed by atoms with Gasteiger partial charge in [-0.05, 0) is 31.4 Å². The van der Waals surface area contributed by atoms with E-state index in [0.717, 1.165) is 83.7 Å². The second kappa shape index (κ2) is 11.1. The zero-order chi connectivity index (χ0) is 19.6. The van der Waals surface area contributed by atoms with Gasteiger partial charge in [0.25, 0.3) is 0 Å². The van der Waals surface area contributed by atoms with Crippen molar-refractivity contribution in [2.75, 3.05) is 77.6 Å². The fourth-order valence-electron chi connectivity index (χ4n) is 3.81. The van der Waals surface area contributed by atoms with E-state index in [1.807, 2.05) is 12.1 Å². The molecule has 0 aromatic heterocycles. The molecule has 2 aliphatic rings. The van der Waals surface area contributed by atoms with Crippen molar-refractivity contribution in [2.45, 2.75) is 13.3 Å². The summed E-state index contributed by atoms with van der Waals surface area (Å²) in [6, 6.07) is 8.26. The molecule has 3 rings (SSSR count). The number of nitrogens with zero attached hydrogens (tertiary/aromatic N) is 3. The molecule has 1 aromatic carbocycles. The van der Waals surface area contributed by atoms with Crippen molar-refractivity contribution < 1.29 is 9.47 Å². The molecule has 28 heavy (non-hydrogen) atoms. The van der Waals surface area contributed by atoms with Gasteiger partial charge in [0, 0.05) is 52.4 Å². The quantitative estimate of drug-likeness (QED) is 0.518. The summed E-state index contributed by atoms with van der Waals surface area (Å²) in [5.41, 5.74) is 1.19. The SMILES string of the molecule is CCNC(=NCC1CCN(c2ccccc2OC)C1)NCCN1CCOCC1. The van der Waals surface area contributed by atoms with Crippen LogP contribution in [0.3, 0.4) is 0 Å². The third kappa shape index (κ3) is 6.01. The van der Waals surface area contributed by atoms with Gasteiger partial charge in [0.05, 0.1) is 26.0 Å². The molecule has 0 saturated carbocycles. The van der Waals surface area contributed by atoms with Crippen molar-refractivity contribution in [1.29, 1.82) is 0 Å². The maximum absolute atomic E-state index is 5.52. The van der Waals surface area contributed by atoms with Gasteiger partial charge in [0.15, 0.2) is 5.96 Å². The minimum atomic E-state index is 0.569. The van der Waals surface area contributed by atoms with Crippen LogP contribution in [0.4, 0.5) is 5.69 Å². The number of aliphatic imine (C=N–C) groups is 1. The van der Waals surface area contributed by atoms with Crippen molar-refractivity contribution in [3.05, 3.63) is 24.3 Å². The molecule has 1 unspecified atom stereocenters. The summed E-state index contributed by atoms with van der Waals surface area (Å²) < 4.78 is 10.9. The van der Waals surface area contributed by atoms with E-state index < -0.39 is 0 Å². The van der Waals surface area contributed by atoms with Crippen LogP contribution >= 0.6 is 0 Å². The lowest BCUT2D eigenvalue weighted by atomic mass is 10.1. The molecule has 2 saturated heterocycles. The number of nitrogens with one attached hydrogen (secondary N) is 2. The monoisotopic (exact) mass is 389 g/mol. The number of ether oxygens (including phenoxy) is 2. The van der Waals surface area contributed by atoms with Crippen molar-refractivity contribution >= 4 is 11.6 Å². The molecule has 0 aliphatic carbocycles. The predicted molar refractivity (Wildman–Crippen MR) is 115 cm³/mol. The molecule has 7 nitrogen and oxygen atoms in total. The van der Waals surface area contributed by atoms with Crippen LogP contribution < -0.4 is 20.3 Å². The lowest BCUT2D eigenvalue weighted by Gasteiger charge is -2.26. The third-order valence-electron chi connectivity index (χ3n) is 5.39. The van der Waals surface area contributed by atoms with Crippen LogP contribution in [0.2, 0.25) is 0 Å². The van der Waals surface area contributed by atoms with Crippen molar-refractivity contribution in [3.63, 3.8) is 0 Å². The first-order valence-corrected chi connectivity index (χ1v) is 10.5. The molecule has 156 valence electrons. The normalized spacial score (nSPS) is 21.0. The van der Waals surface area contributed by atoms with E-state index in [1.54, 1.807) is 7.11 Å². The number of para-hydroxylation sites is 2. The highest BCUT2D eigenvalue weighted by molar-refractivity contribution is 5.79. The number of anilines is 1. The Morgan fingerprint density at radius 1 is 1.21 bits per heavy atom. The maximum Gasteiger partial charge on any atom is 0.191 e. The average molecular weight is 390 g/mol. The van der Waals surface area contributed by atoms with E-state index in [9.17, 15) is 0 Å². The van der Waals surface area contributed by atoms with Gasteiger partial charge >= 0.3 is 0 Å². The maximum atomic E-state index is 5.52. The summed E-state index contributed by atoms with van der Waals surface area (Å²) in [4.78, 5) is 9.69. The van der Waals surface area contributed by atoms with Gasteiger partial charge in [-0.25, -0.2) is 0 Å². The van der Waals surface area contributed by atoms with Crippen molar-refractivity contribution in [1.82, 2.24) is 15.5 Å². The van der Waals surface area contributed by atoms with E-state index in [4.69, 9.17) is 14.5 Å². The highest BCUT2D eigenvalue weighted by Crippen LogP contribution is 2.31. The fraction of sp³-hybridized carbons (Fsp3) is 0.667. The van der Waals surface area contributed by atoms with Gasteiger partial charge in [0.1, 0.15) is 5.75 Å². The average Bonchev–Trinajstić information content (AvgIpc) is 3.21. The molecule has 2 heterocycles. The lowest BCUT2D eigenvalue weighted by molar-refractivity contribution is 0.0389. The Kier molecular flexibility index (Phi) is 8.23. The first kappa shape index (κ1) is 20.7. The Balaban J connectivity index is 1.46. The van der Waals surface area contributed by atoms with E-state index >= 15 is 0 Å². The standard InChI is InChI=1S/C21H35N5O2/c1-3-22-21(23-9-11-25-12-14-28-15-13-25)24-16-18-8-10-26(17-18)19-6-4-5-7-20(19)27-2/h4-7,18H,3,8-17H2,1-2H3,(H2,22,23,24). The second-order valence-corrected chi connectivity index (χ2v) is 7.37. The third-order valence-corrected chi connectivity index (χ3v) is 5.39. The van der Waals surface area contributed by atoms with Crippen LogP contribution in [0.15, 0.2) is 29.3 Å². The van der Waals surface area contributed by atoms with Crippen LogP contribution in [0, 0.1) is 5.92 Å². The predicted octanol–water partition coefficient (Wildman–Crippen LogP) is 1.41. The highest BCUT2D eigenvalue weighted by atomic mass is 16.5. The molecular weight excluding hydrogens is 354 g/mol.